The second-order valence-corrected chi connectivity index (χ2v) is 6.56. The number of aryl methyl sites for hydroxylation is 1. The summed E-state index contributed by atoms with van der Waals surface area (Å²) in [6.07, 6.45) is 2.46. The van der Waals surface area contributed by atoms with Gasteiger partial charge in [-0.15, -0.1) is 11.3 Å². The summed E-state index contributed by atoms with van der Waals surface area (Å²) in [7, 11) is 0. The van der Waals surface area contributed by atoms with Gasteiger partial charge in [-0.05, 0) is 43.3 Å². The van der Waals surface area contributed by atoms with Gasteiger partial charge in [-0.1, -0.05) is 6.07 Å². The summed E-state index contributed by atoms with van der Waals surface area (Å²) < 4.78 is 5.68. The zero-order valence-electron chi connectivity index (χ0n) is 13.9. The molecule has 25 heavy (non-hydrogen) atoms. The average molecular weight is 353 g/mol. The standard InChI is InChI=1S/C19H19N3O2S/c1-14-22-17(13-25-14)12-24-18-7-5-15(6-8-18)19(23)21-11-9-16-4-2-3-10-20-16/h2-8,10,13H,9,11-12H2,1H3,(H,21,23). The molecule has 0 fully saturated rings. The van der Waals surface area contributed by atoms with Crippen molar-refractivity contribution in [2.45, 2.75) is 20.0 Å². The molecule has 0 bridgehead atoms. The number of pyridine rings is 1. The van der Waals surface area contributed by atoms with Gasteiger partial charge in [-0.25, -0.2) is 4.98 Å². The second-order valence-electron chi connectivity index (χ2n) is 5.50. The van der Waals surface area contributed by atoms with Crippen LogP contribution in [0.1, 0.15) is 26.8 Å². The lowest BCUT2D eigenvalue weighted by Gasteiger charge is -2.07. The molecule has 5 nitrogen and oxygen atoms in total. The Bertz CT molecular complexity index is 816. The van der Waals surface area contributed by atoms with Gasteiger partial charge in [-0.3, -0.25) is 9.78 Å². The predicted molar refractivity (Wildman–Crippen MR) is 97.9 cm³/mol. The molecule has 3 aromatic rings. The third-order valence-corrected chi connectivity index (χ3v) is 4.38. The van der Waals surface area contributed by atoms with Crippen LogP contribution in [0.2, 0.25) is 0 Å². The Balaban J connectivity index is 1.46. The zero-order valence-corrected chi connectivity index (χ0v) is 14.8. The zero-order chi connectivity index (χ0) is 17.5. The number of carbonyl (C=O) groups is 1. The fourth-order valence-corrected chi connectivity index (χ4v) is 2.88. The molecule has 2 heterocycles. The van der Waals surface area contributed by atoms with E-state index in [1.807, 2.05) is 30.5 Å². The van der Waals surface area contributed by atoms with Gasteiger partial charge in [0.25, 0.3) is 5.91 Å². The minimum Gasteiger partial charge on any atom is -0.487 e. The van der Waals surface area contributed by atoms with E-state index in [4.69, 9.17) is 4.74 Å². The van der Waals surface area contributed by atoms with Crippen molar-refractivity contribution in [2.24, 2.45) is 0 Å². The van der Waals surface area contributed by atoms with Gasteiger partial charge < -0.3 is 10.1 Å². The highest BCUT2D eigenvalue weighted by Gasteiger charge is 2.06. The number of ether oxygens (including phenoxy) is 1. The van der Waals surface area contributed by atoms with E-state index in [0.29, 0.717) is 25.1 Å². The summed E-state index contributed by atoms with van der Waals surface area (Å²) in [5.74, 6) is 0.619. The average Bonchev–Trinajstić information content (AvgIpc) is 3.06. The van der Waals surface area contributed by atoms with Crippen molar-refractivity contribution in [3.05, 3.63) is 76.0 Å². The Kier molecular flexibility index (Phi) is 5.74. The largest absolute Gasteiger partial charge is 0.487 e. The molecule has 1 amide bonds. The molecule has 3 rings (SSSR count). The Morgan fingerprint density at radius 1 is 1.16 bits per heavy atom. The maximum Gasteiger partial charge on any atom is 0.251 e. The van der Waals surface area contributed by atoms with Crippen molar-refractivity contribution in [3.8, 4) is 5.75 Å². The first-order chi connectivity index (χ1) is 12.2. The fraction of sp³-hybridized carbons (Fsp3) is 0.211. The third-order valence-electron chi connectivity index (χ3n) is 3.56. The number of rotatable bonds is 7. The smallest absolute Gasteiger partial charge is 0.251 e. The molecular weight excluding hydrogens is 334 g/mol. The normalized spacial score (nSPS) is 10.4. The van der Waals surface area contributed by atoms with E-state index in [2.05, 4.69) is 15.3 Å². The highest BCUT2D eigenvalue weighted by Crippen LogP contribution is 2.15. The molecule has 0 aliphatic heterocycles. The minimum atomic E-state index is -0.0994. The van der Waals surface area contributed by atoms with Crippen molar-refractivity contribution in [3.63, 3.8) is 0 Å². The van der Waals surface area contributed by atoms with Crippen molar-refractivity contribution in [1.82, 2.24) is 15.3 Å². The topological polar surface area (TPSA) is 64.1 Å². The van der Waals surface area contributed by atoms with Crippen LogP contribution in [0.25, 0.3) is 0 Å². The van der Waals surface area contributed by atoms with E-state index < -0.39 is 0 Å². The third kappa shape index (κ3) is 5.12. The lowest BCUT2D eigenvalue weighted by molar-refractivity contribution is 0.0954. The molecule has 0 spiro atoms. The molecular formula is C19H19N3O2S. The van der Waals surface area contributed by atoms with Gasteiger partial charge >= 0.3 is 0 Å². The Morgan fingerprint density at radius 2 is 2.00 bits per heavy atom. The number of hydrogen-bond donors (Lipinski definition) is 1. The number of nitrogens with one attached hydrogen (secondary N) is 1. The number of aromatic nitrogens is 2. The van der Waals surface area contributed by atoms with Crippen molar-refractivity contribution < 1.29 is 9.53 Å². The molecule has 1 aromatic carbocycles. The number of benzene rings is 1. The van der Waals surface area contributed by atoms with Crippen LogP contribution in [0, 0.1) is 6.92 Å². The van der Waals surface area contributed by atoms with Crippen LogP contribution in [0.15, 0.2) is 54.0 Å². The Morgan fingerprint density at radius 3 is 2.68 bits per heavy atom. The summed E-state index contributed by atoms with van der Waals surface area (Å²) in [6.45, 7) is 2.95. The van der Waals surface area contributed by atoms with E-state index in [1.165, 1.54) is 0 Å². The molecule has 2 aromatic heterocycles. The molecule has 0 aliphatic carbocycles. The van der Waals surface area contributed by atoms with E-state index in [-0.39, 0.29) is 5.91 Å². The van der Waals surface area contributed by atoms with Crippen molar-refractivity contribution >= 4 is 17.2 Å². The molecule has 6 heteroatoms. The first kappa shape index (κ1) is 17.1. The monoisotopic (exact) mass is 353 g/mol. The van der Waals surface area contributed by atoms with E-state index in [1.54, 1.807) is 41.8 Å². The van der Waals surface area contributed by atoms with Gasteiger partial charge in [-0.2, -0.15) is 0 Å². The minimum absolute atomic E-state index is 0.0994. The van der Waals surface area contributed by atoms with Crippen LogP contribution < -0.4 is 10.1 Å². The van der Waals surface area contributed by atoms with Gasteiger partial charge in [0.15, 0.2) is 0 Å². The van der Waals surface area contributed by atoms with E-state index in [9.17, 15) is 4.79 Å². The molecule has 128 valence electrons. The van der Waals surface area contributed by atoms with Crippen LogP contribution in [0.5, 0.6) is 5.75 Å². The summed E-state index contributed by atoms with van der Waals surface area (Å²) in [5.41, 5.74) is 2.49. The molecule has 0 unspecified atom stereocenters. The quantitative estimate of drug-likeness (QED) is 0.707. The van der Waals surface area contributed by atoms with Gasteiger partial charge in [0, 0.05) is 35.8 Å². The number of carbonyl (C=O) groups excluding carboxylic acids is 1. The molecule has 0 radical (unpaired) electrons. The molecule has 0 saturated heterocycles. The van der Waals surface area contributed by atoms with Crippen LogP contribution in [-0.4, -0.2) is 22.4 Å². The van der Waals surface area contributed by atoms with E-state index in [0.717, 1.165) is 22.1 Å². The predicted octanol–water partition coefficient (Wildman–Crippen LogP) is 3.40. The van der Waals surface area contributed by atoms with Crippen molar-refractivity contribution in [2.75, 3.05) is 6.54 Å². The fourth-order valence-electron chi connectivity index (χ4n) is 2.29. The Labute approximate surface area is 150 Å². The molecule has 0 aliphatic rings. The highest BCUT2D eigenvalue weighted by molar-refractivity contribution is 7.09. The summed E-state index contributed by atoms with van der Waals surface area (Å²) in [5, 5.41) is 5.91. The lowest BCUT2D eigenvalue weighted by Crippen LogP contribution is -2.25. The second kappa shape index (κ2) is 8.39. The van der Waals surface area contributed by atoms with Crippen LogP contribution in [0.4, 0.5) is 0 Å². The first-order valence-corrected chi connectivity index (χ1v) is 8.90. The number of thiazole rings is 1. The van der Waals surface area contributed by atoms with Gasteiger partial charge in [0.05, 0.1) is 10.7 Å². The maximum absolute atomic E-state index is 12.1. The molecule has 0 atom stereocenters. The van der Waals surface area contributed by atoms with Crippen molar-refractivity contribution in [1.29, 1.82) is 0 Å². The molecule has 1 N–H and O–H groups in total. The lowest BCUT2D eigenvalue weighted by atomic mass is 10.2. The van der Waals surface area contributed by atoms with Crippen LogP contribution in [0.3, 0.4) is 0 Å². The maximum atomic E-state index is 12.1. The summed E-state index contributed by atoms with van der Waals surface area (Å²) in [4.78, 5) is 20.7. The number of hydrogen-bond acceptors (Lipinski definition) is 5. The summed E-state index contributed by atoms with van der Waals surface area (Å²) in [6, 6.07) is 12.9. The van der Waals surface area contributed by atoms with Crippen LogP contribution in [-0.2, 0) is 13.0 Å². The van der Waals surface area contributed by atoms with Gasteiger partial charge in [0.2, 0.25) is 0 Å². The SMILES string of the molecule is Cc1nc(COc2ccc(C(=O)NCCc3ccccn3)cc2)cs1. The number of amides is 1. The summed E-state index contributed by atoms with van der Waals surface area (Å²) >= 11 is 1.60. The van der Waals surface area contributed by atoms with Crippen LogP contribution >= 0.6 is 11.3 Å². The first-order valence-electron chi connectivity index (χ1n) is 8.03. The number of nitrogens with zero attached hydrogens (tertiary/aromatic N) is 2. The van der Waals surface area contributed by atoms with Gasteiger partial charge in [0.1, 0.15) is 12.4 Å². The molecule has 0 saturated carbocycles. The highest BCUT2D eigenvalue weighted by atomic mass is 32.1. The Hall–Kier alpha value is -2.73. The van der Waals surface area contributed by atoms with E-state index >= 15 is 0 Å².